The molecule has 2 aromatic carbocycles. The molecule has 0 saturated heterocycles. The van der Waals surface area contributed by atoms with Gasteiger partial charge in [0.05, 0.1) is 18.7 Å². The third-order valence-corrected chi connectivity index (χ3v) is 5.32. The molecule has 0 saturated carbocycles. The van der Waals surface area contributed by atoms with Gasteiger partial charge in [-0.1, -0.05) is 35.9 Å². The number of pyridine rings is 1. The normalized spacial score (nSPS) is 11.2. The third kappa shape index (κ3) is 6.26. The zero-order valence-corrected chi connectivity index (χ0v) is 19.8. The SMILES string of the molecule is Cc1ccc(Cn2c(=O)n(CCC(=O)O)c(=O)[nH]/c2=N\c2ccc(Oc3cccc(C#N)n3)cc2)cc1. The summed E-state index contributed by atoms with van der Waals surface area (Å²) < 4.78 is 7.81. The largest absolute Gasteiger partial charge is 0.481 e. The van der Waals surface area contributed by atoms with E-state index in [1.165, 1.54) is 4.57 Å². The lowest BCUT2D eigenvalue weighted by molar-refractivity contribution is -0.137. The molecule has 37 heavy (non-hydrogen) atoms. The van der Waals surface area contributed by atoms with Crippen molar-refractivity contribution < 1.29 is 14.6 Å². The van der Waals surface area contributed by atoms with Gasteiger partial charge in [-0.2, -0.15) is 5.26 Å². The first kappa shape index (κ1) is 24.9. The molecule has 11 heteroatoms. The second-order valence-corrected chi connectivity index (χ2v) is 8.08. The van der Waals surface area contributed by atoms with Crippen LogP contribution < -0.4 is 21.7 Å². The zero-order valence-electron chi connectivity index (χ0n) is 19.8. The summed E-state index contributed by atoms with van der Waals surface area (Å²) in [5.74, 6) is -0.414. The van der Waals surface area contributed by atoms with Crippen molar-refractivity contribution in [2.75, 3.05) is 0 Å². The number of carboxylic acids is 1. The topological polar surface area (TPSA) is 155 Å². The van der Waals surface area contributed by atoms with Gasteiger partial charge in [0.2, 0.25) is 11.5 Å². The monoisotopic (exact) mass is 498 g/mol. The van der Waals surface area contributed by atoms with E-state index in [0.29, 0.717) is 11.4 Å². The molecular formula is C26H22N6O5. The fraction of sp³-hybridized carbons (Fsp3) is 0.154. The van der Waals surface area contributed by atoms with Crippen molar-refractivity contribution in [2.45, 2.75) is 26.4 Å². The number of aryl methyl sites for hydroxylation is 1. The predicted octanol–water partition coefficient (Wildman–Crippen LogP) is 2.46. The first-order valence-corrected chi connectivity index (χ1v) is 11.2. The molecule has 0 unspecified atom stereocenters. The van der Waals surface area contributed by atoms with Crippen molar-refractivity contribution in [3.05, 3.63) is 110 Å². The number of aliphatic carboxylic acids is 1. The van der Waals surface area contributed by atoms with Crippen LogP contribution in [0.1, 0.15) is 23.2 Å². The Morgan fingerprint density at radius 1 is 1.08 bits per heavy atom. The molecule has 0 radical (unpaired) electrons. The molecule has 0 spiro atoms. The van der Waals surface area contributed by atoms with E-state index in [1.54, 1.807) is 42.5 Å². The van der Waals surface area contributed by atoms with Crippen molar-refractivity contribution in [3.63, 3.8) is 0 Å². The number of hydrogen-bond acceptors (Lipinski definition) is 7. The highest BCUT2D eigenvalue weighted by molar-refractivity contribution is 5.66. The molecule has 4 rings (SSSR count). The van der Waals surface area contributed by atoms with Gasteiger partial charge < -0.3 is 9.84 Å². The summed E-state index contributed by atoms with van der Waals surface area (Å²) in [6.07, 6.45) is -0.377. The van der Waals surface area contributed by atoms with Crippen LogP contribution in [0.3, 0.4) is 0 Å². The number of aromatic nitrogens is 4. The van der Waals surface area contributed by atoms with Crippen LogP contribution in [-0.2, 0) is 17.9 Å². The van der Waals surface area contributed by atoms with Crippen LogP contribution in [0, 0.1) is 18.3 Å². The number of aromatic amines is 1. The number of H-pyrrole nitrogens is 1. The van der Waals surface area contributed by atoms with Gasteiger partial charge in [-0.25, -0.2) is 24.1 Å². The summed E-state index contributed by atoms with van der Waals surface area (Å²) in [6, 6.07) is 20.9. The molecule has 0 aliphatic rings. The Kier molecular flexibility index (Phi) is 7.40. The van der Waals surface area contributed by atoms with Gasteiger partial charge in [0.15, 0.2) is 0 Å². The van der Waals surface area contributed by atoms with Gasteiger partial charge in [0, 0.05) is 12.6 Å². The molecule has 0 atom stereocenters. The fourth-order valence-corrected chi connectivity index (χ4v) is 3.43. The van der Waals surface area contributed by atoms with Crippen LogP contribution in [0.4, 0.5) is 5.69 Å². The molecule has 2 heterocycles. The minimum atomic E-state index is -1.12. The van der Waals surface area contributed by atoms with Crippen LogP contribution in [0.15, 0.2) is 81.3 Å². The molecular weight excluding hydrogens is 476 g/mol. The fourth-order valence-electron chi connectivity index (χ4n) is 3.43. The molecule has 0 fully saturated rings. The van der Waals surface area contributed by atoms with E-state index in [2.05, 4.69) is 15.0 Å². The highest BCUT2D eigenvalue weighted by Gasteiger charge is 2.11. The first-order valence-electron chi connectivity index (χ1n) is 11.2. The standard InChI is InChI=1S/C26H22N6O5/c1-17-5-7-18(8-6-17)16-32-24(30-25(35)31(26(32)36)14-13-23(33)34)29-19-9-11-21(12-10-19)37-22-4-2-3-20(15-27)28-22/h2-12H,13-14,16H2,1H3,(H,33,34)(H,29,30,35). The van der Waals surface area contributed by atoms with Crippen LogP contribution in [-0.4, -0.2) is 30.2 Å². The van der Waals surface area contributed by atoms with Crippen molar-refractivity contribution in [2.24, 2.45) is 4.99 Å². The maximum Gasteiger partial charge on any atom is 0.335 e. The Morgan fingerprint density at radius 2 is 1.81 bits per heavy atom. The molecule has 0 amide bonds. The van der Waals surface area contributed by atoms with Crippen LogP contribution in [0.25, 0.3) is 0 Å². The second-order valence-electron chi connectivity index (χ2n) is 8.08. The maximum absolute atomic E-state index is 13.2. The average molecular weight is 498 g/mol. The highest BCUT2D eigenvalue weighted by atomic mass is 16.5. The van der Waals surface area contributed by atoms with Gasteiger partial charge in [-0.3, -0.25) is 14.3 Å². The summed E-state index contributed by atoms with van der Waals surface area (Å²) in [7, 11) is 0. The summed E-state index contributed by atoms with van der Waals surface area (Å²) in [6.45, 7) is 1.79. The van der Waals surface area contributed by atoms with Gasteiger partial charge in [0.1, 0.15) is 17.5 Å². The van der Waals surface area contributed by atoms with Crippen molar-refractivity contribution >= 4 is 11.7 Å². The Hall–Kier alpha value is -5.24. The minimum Gasteiger partial charge on any atom is -0.481 e. The summed E-state index contributed by atoms with van der Waals surface area (Å²) in [5, 5.41) is 18.0. The van der Waals surface area contributed by atoms with Crippen LogP contribution in [0.5, 0.6) is 11.6 Å². The lowest BCUT2D eigenvalue weighted by Crippen LogP contribution is -2.50. The number of rotatable bonds is 8. The number of nitriles is 1. The Labute approximate surface area is 210 Å². The summed E-state index contributed by atoms with van der Waals surface area (Å²) >= 11 is 0. The Morgan fingerprint density at radius 3 is 2.49 bits per heavy atom. The van der Waals surface area contributed by atoms with Gasteiger partial charge in [-0.05, 0) is 42.8 Å². The van der Waals surface area contributed by atoms with Crippen molar-refractivity contribution in [1.82, 2.24) is 19.1 Å². The van der Waals surface area contributed by atoms with E-state index in [-0.39, 0.29) is 36.7 Å². The van der Waals surface area contributed by atoms with Gasteiger partial charge in [-0.15, -0.1) is 0 Å². The van der Waals surface area contributed by atoms with Gasteiger partial charge in [0.25, 0.3) is 0 Å². The van der Waals surface area contributed by atoms with Crippen LogP contribution in [0.2, 0.25) is 0 Å². The Balaban J connectivity index is 1.71. The number of carboxylic acid groups (broad SMARTS) is 1. The zero-order chi connectivity index (χ0) is 26.4. The number of benzene rings is 2. The molecule has 4 aromatic rings. The van der Waals surface area contributed by atoms with E-state index in [1.807, 2.05) is 37.3 Å². The first-order chi connectivity index (χ1) is 17.8. The van der Waals surface area contributed by atoms with Crippen LogP contribution >= 0.6 is 0 Å². The maximum atomic E-state index is 13.2. The summed E-state index contributed by atoms with van der Waals surface area (Å²) in [4.78, 5) is 47.9. The quantitative estimate of drug-likeness (QED) is 0.378. The smallest absolute Gasteiger partial charge is 0.335 e. The minimum absolute atomic E-state index is 0.0132. The molecule has 0 aliphatic heterocycles. The molecule has 11 nitrogen and oxygen atoms in total. The lowest BCUT2D eigenvalue weighted by atomic mass is 10.1. The summed E-state index contributed by atoms with van der Waals surface area (Å²) in [5.41, 5.74) is 1.10. The molecule has 186 valence electrons. The van der Waals surface area contributed by atoms with E-state index < -0.39 is 17.3 Å². The number of hydrogen-bond donors (Lipinski definition) is 2. The van der Waals surface area contributed by atoms with Crippen molar-refractivity contribution in [3.8, 4) is 17.7 Å². The van der Waals surface area contributed by atoms with E-state index in [0.717, 1.165) is 15.7 Å². The van der Waals surface area contributed by atoms with E-state index >= 15 is 0 Å². The molecule has 0 bridgehead atoms. The molecule has 2 aromatic heterocycles. The van der Waals surface area contributed by atoms with Gasteiger partial charge >= 0.3 is 17.3 Å². The van der Waals surface area contributed by atoms with E-state index in [4.69, 9.17) is 15.1 Å². The number of nitrogens with one attached hydrogen (secondary N) is 1. The van der Waals surface area contributed by atoms with E-state index in [9.17, 15) is 14.4 Å². The number of nitrogens with zero attached hydrogens (tertiary/aromatic N) is 5. The number of carbonyl (C=O) groups is 1. The molecule has 0 aliphatic carbocycles. The average Bonchev–Trinajstić information content (AvgIpc) is 2.88. The Bertz CT molecular complexity index is 1660. The second kappa shape index (κ2) is 11.0. The highest BCUT2D eigenvalue weighted by Crippen LogP contribution is 2.22. The number of ether oxygens (including phenoxy) is 1. The third-order valence-electron chi connectivity index (χ3n) is 5.32. The molecule has 2 N–H and O–H groups in total. The van der Waals surface area contributed by atoms with Crippen molar-refractivity contribution in [1.29, 1.82) is 5.26 Å². The predicted molar refractivity (Wildman–Crippen MR) is 133 cm³/mol. The lowest BCUT2D eigenvalue weighted by Gasteiger charge is -2.11.